The van der Waals surface area contributed by atoms with E-state index < -0.39 is 9.84 Å². The lowest BCUT2D eigenvalue weighted by atomic mass is 10.2. The Morgan fingerprint density at radius 1 is 1.44 bits per heavy atom. The molecule has 11 heteroatoms. The lowest BCUT2D eigenvalue weighted by Gasteiger charge is -2.26. The van der Waals surface area contributed by atoms with Gasteiger partial charge in [0.25, 0.3) is 0 Å². The normalized spacial score (nSPS) is 19.4. The van der Waals surface area contributed by atoms with E-state index in [2.05, 4.69) is 10.2 Å². The third-order valence-electron chi connectivity index (χ3n) is 4.03. The molecule has 0 spiro atoms. The SMILES string of the molecule is CCN(C(=O)CSc1nnc2c(Cl)cc(Cl)cn12)C1CCS(=O)(=O)C1. The largest absolute Gasteiger partial charge is 0.338 e. The van der Waals surface area contributed by atoms with Gasteiger partial charge in [-0.1, -0.05) is 35.0 Å². The molecule has 3 rings (SSSR count). The van der Waals surface area contributed by atoms with Gasteiger partial charge in [-0.3, -0.25) is 9.20 Å². The number of carbonyl (C=O) groups is 1. The first kappa shape index (κ1) is 18.8. The molecule has 0 aromatic carbocycles. The van der Waals surface area contributed by atoms with Crippen LogP contribution in [0.2, 0.25) is 10.0 Å². The van der Waals surface area contributed by atoms with Crippen LogP contribution in [0.4, 0.5) is 0 Å². The van der Waals surface area contributed by atoms with Gasteiger partial charge < -0.3 is 4.90 Å². The van der Waals surface area contributed by atoms with Gasteiger partial charge in [0.1, 0.15) is 0 Å². The van der Waals surface area contributed by atoms with Crippen molar-refractivity contribution in [1.29, 1.82) is 0 Å². The first-order valence-electron chi connectivity index (χ1n) is 7.63. The quantitative estimate of drug-likeness (QED) is 0.686. The molecule has 7 nitrogen and oxygen atoms in total. The molecule has 3 heterocycles. The molecule has 0 aliphatic carbocycles. The Morgan fingerprint density at radius 2 is 2.20 bits per heavy atom. The summed E-state index contributed by atoms with van der Waals surface area (Å²) in [5.74, 6) is 0.186. The molecule has 2 aromatic rings. The van der Waals surface area contributed by atoms with Crippen LogP contribution < -0.4 is 0 Å². The third-order valence-corrected chi connectivity index (χ3v) is 7.19. The standard InChI is InChI=1S/C14H16Cl2N4O3S2/c1-2-19(10-3-4-25(22,23)8-10)12(21)7-24-14-18-17-13-11(16)5-9(15)6-20(13)14/h5-6,10H,2-4,7-8H2,1H3. The maximum Gasteiger partial charge on any atom is 0.233 e. The molecule has 1 saturated heterocycles. The number of nitrogens with zero attached hydrogens (tertiary/aromatic N) is 4. The summed E-state index contributed by atoms with van der Waals surface area (Å²) in [5.41, 5.74) is 0.468. The second kappa shape index (κ2) is 7.30. The second-order valence-corrected chi connectivity index (χ2v) is 9.72. The smallest absolute Gasteiger partial charge is 0.233 e. The fourth-order valence-electron chi connectivity index (χ4n) is 2.87. The highest BCUT2D eigenvalue weighted by molar-refractivity contribution is 7.99. The zero-order valence-electron chi connectivity index (χ0n) is 13.4. The van der Waals surface area contributed by atoms with Crippen LogP contribution in [-0.2, 0) is 14.6 Å². The van der Waals surface area contributed by atoms with Crippen molar-refractivity contribution < 1.29 is 13.2 Å². The maximum atomic E-state index is 12.5. The molecule has 1 atom stereocenters. The summed E-state index contributed by atoms with van der Waals surface area (Å²) >= 11 is 13.3. The number of carbonyl (C=O) groups excluding carboxylic acids is 1. The molecular formula is C14H16Cl2N4O3S2. The van der Waals surface area contributed by atoms with Crippen molar-refractivity contribution in [1.82, 2.24) is 19.5 Å². The molecule has 1 amide bonds. The fraction of sp³-hybridized carbons (Fsp3) is 0.500. The fourth-order valence-corrected chi connectivity index (χ4v) is 5.90. The number of thioether (sulfide) groups is 1. The summed E-state index contributed by atoms with van der Waals surface area (Å²) in [6, 6.07) is 1.33. The van der Waals surface area contributed by atoms with E-state index in [1.807, 2.05) is 6.92 Å². The van der Waals surface area contributed by atoms with Crippen molar-refractivity contribution in [2.75, 3.05) is 23.8 Å². The van der Waals surface area contributed by atoms with Crippen molar-refractivity contribution in [2.45, 2.75) is 24.5 Å². The number of fused-ring (bicyclic) bond motifs is 1. The molecule has 0 radical (unpaired) electrons. The number of rotatable bonds is 5. The first-order valence-corrected chi connectivity index (χ1v) is 11.2. The first-order chi connectivity index (χ1) is 11.8. The molecule has 0 bridgehead atoms. The van der Waals surface area contributed by atoms with Crippen molar-refractivity contribution in [3.63, 3.8) is 0 Å². The van der Waals surface area contributed by atoms with Gasteiger partial charge in [-0.15, -0.1) is 10.2 Å². The van der Waals surface area contributed by atoms with Gasteiger partial charge in [0.05, 0.1) is 27.3 Å². The van der Waals surface area contributed by atoms with Gasteiger partial charge in [0.15, 0.2) is 20.6 Å². The van der Waals surface area contributed by atoms with Gasteiger partial charge in [0, 0.05) is 18.8 Å². The Kier molecular flexibility index (Phi) is 5.48. The van der Waals surface area contributed by atoms with Gasteiger partial charge in [-0.2, -0.15) is 0 Å². The minimum atomic E-state index is -3.04. The molecule has 0 saturated carbocycles. The molecule has 1 aliphatic rings. The number of hydrogen-bond acceptors (Lipinski definition) is 6. The maximum absolute atomic E-state index is 12.5. The molecule has 136 valence electrons. The van der Waals surface area contributed by atoms with Gasteiger partial charge in [-0.05, 0) is 19.4 Å². The summed E-state index contributed by atoms with van der Waals surface area (Å²) in [4.78, 5) is 14.2. The lowest BCUT2D eigenvalue weighted by molar-refractivity contribution is -0.129. The topological polar surface area (TPSA) is 84.6 Å². The van der Waals surface area contributed by atoms with Crippen molar-refractivity contribution in [3.05, 3.63) is 22.3 Å². The van der Waals surface area contributed by atoms with E-state index >= 15 is 0 Å². The van der Waals surface area contributed by atoms with E-state index in [9.17, 15) is 13.2 Å². The Hall–Kier alpha value is -1.03. The number of pyridine rings is 1. The highest BCUT2D eigenvalue weighted by atomic mass is 35.5. The van der Waals surface area contributed by atoms with Crippen LogP contribution in [0.3, 0.4) is 0 Å². The Balaban J connectivity index is 1.71. The third kappa shape index (κ3) is 4.05. The van der Waals surface area contributed by atoms with Gasteiger partial charge in [-0.25, -0.2) is 8.42 Å². The highest BCUT2D eigenvalue weighted by Gasteiger charge is 2.33. The van der Waals surface area contributed by atoms with Crippen molar-refractivity contribution in [2.24, 2.45) is 0 Å². The summed E-state index contributed by atoms with van der Waals surface area (Å²) in [5, 5.41) is 9.36. The van der Waals surface area contributed by atoms with Crippen LogP contribution in [0.15, 0.2) is 17.4 Å². The van der Waals surface area contributed by atoms with Gasteiger partial charge in [0.2, 0.25) is 5.91 Å². The minimum Gasteiger partial charge on any atom is -0.338 e. The van der Waals surface area contributed by atoms with E-state index in [-0.39, 0.29) is 29.2 Å². The van der Waals surface area contributed by atoms with E-state index in [0.29, 0.717) is 33.8 Å². The zero-order valence-corrected chi connectivity index (χ0v) is 16.5. The van der Waals surface area contributed by atoms with Crippen LogP contribution >= 0.6 is 35.0 Å². The summed E-state index contributed by atoms with van der Waals surface area (Å²) in [6.07, 6.45) is 2.13. The minimum absolute atomic E-state index is 0.0380. The van der Waals surface area contributed by atoms with Crippen LogP contribution in [0.1, 0.15) is 13.3 Å². The molecule has 1 unspecified atom stereocenters. The van der Waals surface area contributed by atoms with E-state index in [0.717, 1.165) is 0 Å². The van der Waals surface area contributed by atoms with Crippen LogP contribution in [0.25, 0.3) is 5.65 Å². The number of halogens is 2. The summed E-state index contributed by atoms with van der Waals surface area (Å²) in [6.45, 7) is 2.32. The molecule has 1 fully saturated rings. The number of amides is 1. The number of sulfone groups is 1. The molecule has 1 aliphatic heterocycles. The summed E-state index contributed by atoms with van der Waals surface area (Å²) in [7, 11) is -3.04. The average molecular weight is 423 g/mol. The van der Waals surface area contributed by atoms with Crippen molar-refractivity contribution >= 4 is 56.4 Å². The van der Waals surface area contributed by atoms with Crippen molar-refractivity contribution in [3.8, 4) is 0 Å². The predicted octanol–water partition coefficient (Wildman–Crippen LogP) is 2.16. The van der Waals surface area contributed by atoms with Gasteiger partial charge >= 0.3 is 0 Å². The van der Waals surface area contributed by atoms with E-state index in [1.54, 1.807) is 21.6 Å². The Labute approximate surface area is 159 Å². The number of aromatic nitrogens is 3. The Morgan fingerprint density at radius 3 is 2.84 bits per heavy atom. The van der Waals surface area contributed by atoms with Crippen LogP contribution in [-0.4, -0.2) is 63.7 Å². The Bertz CT molecular complexity index is 916. The van der Waals surface area contributed by atoms with E-state index in [4.69, 9.17) is 23.2 Å². The highest BCUT2D eigenvalue weighted by Crippen LogP contribution is 2.26. The second-order valence-electron chi connectivity index (χ2n) is 5.71. The molecule has 0 N–H and O–H groups in total. The molecule has 2 aromatic heterocycles. The molecular weight excluding hydrogens is 407 g/mol. The lowest BCUT2D eigenvalue weighted by Crippen LogP contribution is -2.41. The predicted molar refractivity (Wildman–Crippen MR) is 98.2 cm³/mol. The van der Waals surface area contributed by atoms with Crippen LogP contribution in [0, 0.1) is 0 Å². The molecule has 25 heavy (non-hydrogen) atoms. The van der Waals surface area contributed by atoms with Crippen LogP contribution in [0.5, 0.6) is 0 Å². The number of hydrogen-bond donors (Lipinski definition) is 0. The monoisotopic (exact) mass is 422 g/mol. The summed E-state index contributed by atoms with van der Waals surface area (Å²) < 4.78 is 24.9. The zero-order chi connectivity index (χ0) is 18.2. The average Bonchev–Trinajstić information content (AvgIpc) is 3.09. The van der Waals surface area contributed by atoms with E-state index in [1.165, 1.54) is 11.8 Å².